The smallest absolute Gasteiger partial charge is 0.143 e. The van der Waals surface area contributed by atoms with Crippen LogP contribution < -0.4 is 4.90 Å². The molecule has 246 valence electrons. The Bertz CT molecular complexity index is 3070. The zero-order valence-electron chi connectivity index (χ0n) is 28.9. The number of benzene rings is 8. The predicted octanol–water partition coefficient (Wildman–Crippen LogP) is 14.6. The second-order valence-electron chi connectivity index (χ2n) is 14.5. The standard InChI is InChI=1S/C49H33NOS/c1-49(2)40-22-7-5-17-35(40)37-20-10-23-41(46(37)49)50(42-24-11-21-38-36-18-6-8-26-44(36)52-48(38)42)32-15-9-14-31(29-32)33-19-12-25-43-45(33)39-28-27-30-13-3-4-16-34(30)47(39)51-43/h3-29H,1-2H3. The molecule has 1 aliphatic rings. The van der Waals surface area contributed by atoms with Crippen molar-refractivity contribution in [1.82, 2.24) is 0 Å². The van der Waals surface area contributed by atoms with Gasteiger partial charge in [-0.2, -0.15) is 0 Å². The van der Waals surface area contributed by atoms with Crippen LogP contribution in [0.1, 0.15) is 25.0 Å². The third-order valence-electron chi connectivity index (χ3n) is 11.2. The number of fused-ring (bicyclic) bond motifs is 11. The van der Waals surface area contributed by atoms with E-state index in [1.165, 1.54) is 64.8 Å². The Morgan fingerprint density at radius 2 is 1.25 bits per heavy atom. The van der Waals surface area contributed by atoms with Gasteiger partial charge in [0.1, 0.15) is 11.2 Å². The summed E-state index contributed by atoms with van der Waals surface area (Å²) in [5.41, 5.74) is 12.9. The molecule has 1 aliphatic carbocycles. The molecule has 2 aromatic heterocycles. The monoisotopic (exact) mass is 683 g/mol. The Balaban J connectivity index is 1.18. The highest BCUT2D eigenvalue weighted by atomic mass is 32.1. The molecule has 10 aromatic rings. The van der Waals surface area contributed by atoms with Crippen LogP contribution in [0, 0.1) is 0 Å². The minimum atomic E-state index is -0.184. The zero-order valence-corrected chi connectivity index (χ0v) is 29.7. The van der Waals surface area contributed by atoms with Gasteiger partial charge in [0.15, 0.2) is 0 Å². The molecule has 0 spiro atoms. The molecule has 2 nitrogen and oxygen atoms in total. The maximum absolute atomic E-state index is 6.62. The molecule has 52 heavy (non-hydrogen) atoms. The van der Waals surface area contributed by atoms with Gasteiger partial charge in [0, 0.05) is 42.7 Å². The maximum atomic E-state index is 6.62. The van der Waals surface area contributed by atoms with Gasteiger partial charge in [-0.15, -0.1) is 11.3 Å². The van der Waals surface area contributed by atoms with Crippen molar-refractivity contribution in [3.8, 4) is 22.3 Å². The Hall–Kier alpha value is -6.16. The fourth-order valence-electron chi connectivity index (χ4n) is 8.93. The number of anilines is 3. The highest BCUT2D eigenvalue weighted by molar-refractivity contribution is 7.26. The van der Waals surface area contributed by atoms with Crippen LogP contribution in [-0.2, 0) is 5.41 Å². The summed E-state index contributed by atoms with van der Waals surface area (Å²) in [4.78, 5) is 2.52. The van der Waals surface area contributed by atoms with Gasteiger partial charge in [-0.25, -0.2) is 0 Å². The molecule has 2 heterocycles. The molecule has 0 fully saturated rings. The van der Waals surface area contributed by atoms with E-state index in [2.05, 4.69) is 183 Å². The van der Waals surface area contributed by atoms with Crippen LogP contribution in [0.3, 0.4) is 0 Å². The van der Waals surface area contributed by atoms with E-state index in [-0.39, 0.29) is 5.41 Å². The molecule has 0 saturated heterocycles. The molecular formula is C49H33NOS. The van der Waals surface area contributed by atoms with Gasteiger partial charge in [-0.3, -0.25) is 0 Å². The van der Waals surface area contributed by atoms with Crippen LogP contribution >= 0.6 is 11.3 Å². The highest BCUT2D eigenvalue weighted by Crippen LogP contribution is 2.55. The SMILES string of the molecule is CC1(C)c2ccccc2-c2cccc(N(c3cccc(-c4cccc5oc6c7ccccc7ccc6c45)c3)c3cccc4c3sc3ccccc34)c21. The second-order valence-corrected chi connectivity index (χ2v) is 15.5. The van der Waals surface area contributed by atoms with Gasteiger partial charge in [0.25, 0.3) is 0 Å². The quantitative estimate of drug-likeness (QED) is 0.184. The molecule has 0 atom stereocenters. The third-order valence-corrected chi connectivity index (χ3v) is 12.4. The van der Waals surface area contributed by atoms with Crippen molar-refractivity contribution in [1.29, 1.82) is 0 Å². The first-order valence-corrected chi connectivity index (χ1v) is 18.7. The van der Waals surface area contributed by atoms with E-state index < -0.39 is 0 Å². The second kappa shape index (κ2) is 10.9. The van der Waals surface area contributed by atoms with Crippen LogP contribution in [0.25, 0.3) is 75.1 Å². The molecular weight excluding hydrogens is 651 g/mol. The minimum Gasteiger partial charge on any atom is -0.455 e. The third kappa shape index (κ3) is 4.11. The molecule has 0 aliphatic heterocycles. The molecule has 3 heteroatoms. The molecule has 0 bridgehead atoms. The van der Waals surface area contributed by atoms with Crippen LogP contribution in [0.15, 0.2) is 168 Å². The fourth-order valence-corrected chi connectivity index (χ4v) is 10.1. The Kier molecular flexibility index (Phi) is 6.21. The molecule has 0 N–H and O–H groups in total. The average Bonchev–Trinajstić information content (AvgIpc) is 3.84. The molecule has 0 unspecified atom stereocenters. The Morgan fingerprint density at radius 1 is 0.538 bits per heavy atom. The summed E-state index contributed by atoms with van der Waals surface area (Å²) in [6.07, 6.45) is 0. The number of hydrogen-bond donors (Lipinski definition) is 0. The average molecular weight is 684 g/mol. The van der Waals surface area contributed by atoms with Gasteiger partial charge in [-0.1, -0.05) is 135 Å². The van der Waals surface area contributed by atoms with Crippen LogP contribution in [0.5, 0.6) is 0 Å². The van der Waals surface area contributed by atoms with Crippen molar-refractivity contribution in [3.05, 3.63) is 175 Å². The number of thiophene rings is 1. The van der Waals surface area contributed by atoms with E-state index in [4.69, 9.17) is 4.42 Å². The fraction of sp³-hybridized carbons (Fsp3) is 0.0612. The predicted molar refractivity (Wildman–Crippen MR) is 222 cm³/mol. The van der Waals surface area contributed by atoms with Crippen LogP contribution in [-0.4, -0.2) is 0 Å². The normalized spacial score (nSPS) is 13.3. The summed E-state index contributed by atoms with van der Waals surface area (Å²) >= 11 is 1.88. The maximum Gasteiger partial charge on any atom is 0.143 e. The number of nitrogens with zero attached hydrogens (tertiary/aromatic N) is 1. The Morgan fingerprint density at radius 3 is 2.19 bits per heavy atom. The summed E-state index contributed by atoms with van der Waals surface area (Å²) in [6, 6.07) is 59.8. The lowest BCUT2D eigenvalue weighted by Gasteiger charge is -2.32. The van der Waals surface area contributed by atoms with E-state index >= 15 is 0 Å². The number of rotatable bonds is 4. The summed E-state index contributed by atoms with van der Waals surface area (Å²) in [7, 11) is 0. The topological polar surface area (TPSA) is 16.4 Å². The van der Waals surface area contributed by atoms with Gasteiger partial charge in [0.2, 0.25) is 0 Å². The van der Waals surface area contributed by atoms with Crippen molar-refractivity contribution >= 4 is 81.3 Å². The number of hydrogen-bond acceptors (Lipinski definition) is 3. The molecule has 0 amide bonds. The van der Waals surface area contributed by atoms with E-state index in [0.717, 1.165) is 38.6 Å². The lowest BCUT2D eigenvalue weighted by atomic mass is 9.81. The largest absolute Gasteiger partial charge is 0.455 e. The van der Waals surface area contributed by atoms with Crippen molar-refractivity contribution in [2.75, 3.05) is 4.90 Å². The first kappa shape index (κ1) is 29.6. The summed E-state index contributed by atoms with van der Waals surface area (Å²) in [5, 5.41) is 7.20. The molecule has 8 aromatic carbocycles. The van der Waals surface area contributed by atoms with Crippen molar-refractivity contribution in [3.63, 3.8) is 0 Å². The van der Waals surface area contributed by atoms with Gasteiger partial charge in [-0.05, 0) is 81.2 Å². The first-order valence-electron chi connectivity index (χ1n) is 17.9. The van der Waals surface area contributed by atoms with Crippen LogP contribution in [0.2, 0.25) is 0 Å². The van der Waals surface area contributed by atoms with E-state index in [1.807, 2.05) is 11.3 Å². The van der Waals surface area contributed by atoms with Gasteiger partial charge < -0.3 is 9.32 Å². The van der Waals surface area contributed by atoms with E-state index in [0.29, 0.717) is 0 Å². The van der Waals surface area contributed by atoms with Gasteiger partial charge in [0.05, 0.1) is 16.1 Å². The molecule has 11 rings (SSSR count). The summed E-state index contributed by atoms with van der Waals surface area (Å²) in [6.45, 7) is 4.76. The number of furan rings is 1. The van der Waals surface area contributed by atoms with E-state index in [1.54, 1.807) is 0 Å². The lowest BCUT2D eigenvalue weighted by Crippen LogP contribution is -2.20. The van der Waals surface area contributed by atoms with Crippen molar-refractivity contribution in [2.45, 2.75) is 19.3 Å². The van der Waals surface area contributed by atoms with Crippen molar-refractivity contribution in [2.24, 2.45) is 0 Å². The van der Waals surface area contributed by atoms with Gasteiger partial charge >= 0.3 is 0 Å². The van der Waals surface area contributed by atoms with E-state index in [9.17, 15) is 0 Å². The summed E-state index contributed by atoms with van der Waals surface area (Å²) in [5.74, 6) is 0. The summed E-state index contributed by atoms with van der Waals surface area (Å²) < 4.78 is 9.20. The molecule has 0 saturated carbocycles. The Labute approximate surface area is 305 Å². The first-order chi connectivity index (χ1) is 25.6. The van der Waals surface area contributed by atoms with Crippen LogP contribution in [0.4, 0.5) is 17.1 Å². The highest BCUT2D eigenvalue weighted by Gasteiger charge is 2.39. The zero-order chi connectivity index (χ0) is 34.6. The minimum absolute atomic E-state index is 0.184. The van der Waals surface area contributed by atoms with Crippen molar-refractivity contribution < 1.29 is 4.42 Å². The lowest BCUT2D eigenvalue weighted by molar-refractivity contribution is 0.661. The molecule has 0 radical (unpaired) electrons.